The number of carbonyl (C=O) groups excluding carboxylic acids is 2. The van der Waals surface area contributed by atoms with Gasteiger partial charge in [0.25, 0.3) is 11.8 Å². The zero-order chi connectivity index (χ0) is 24.8. The van der Waals surface area contributed by atoms with E-state index in [1.54, 1.807) is 7.11 Å². The Kier molecular flexibility index (Phi) is 6.12. The van der Waals surface area contributed by atoms with Crippen molar-refractivity contribution in [3.8, 4) is 0 Å². The first-order valence-corrected chi connectivity index (χ1v) is 12.8. The number of methoxy groups -OCH3 is 1. The molecule has 1 aliphatic carbocycles. The third-order valence-corrected chi connectivity index (χ3v) is 7.89. The van der Waals surface area contributed by atoms with Crippen LogP contribution in [-0.2, 0) is 4.74 Å². The van der Waals surface area contributed by atoms with E-state index in [0.717, 1.165) is 49.0 Å². The van der Waals surface area contributed by atoms with Gasteiger partial charge in [-0.25, -0.2) is 0 Å². The Morgan fingerprint density at radius 1 is 1.11 bits per heavy atom. The Morgan fingerprint density at radius 2 is 1.91 bits per heavy atom. The summed E-state index contributed by atoms with van der Waals surface area (Å²) in [6.45, 7) is 9.02. The average Bonchev–Trinajstić information content (AvgIpc) is 3.23. The molecule has 1 saturated heterocycles. The number of anilines is 1. The number of benzene rings is 2. The molecule has 186 valence electrons. The average molecular weight is 476 g/mol. The summed E-state index contributed by atoms with van der Waals surface area (Å²) < 4.78 is 5.21. The number of amides is 2. The highest BCUT2D eigenvalue weighted by Crippen LogP contribution is 2.52. The third kappa shape index (κ3) is 4.56. The molecule has 1 saturated carbocycles. The summed E-state index contributed by atoms with van der Waals surface area (Å²) in [5.74, 6) is 0.140. The molecule has 2 fully saturated rings. The molecule has 6 heteroatoms. The molecule has 6 nitrogen and oxygen atoms in total. The van der Waals surface area contributed by atoms with Gasteiger partial charge in [-0.2, -0.15) is 0 Å². The lowest BCUT2D eigenvalue weighted by Crippen LogP contribution is -2.37. The molecule has 2 amide bonds. The second-order valence-corrected chi connectivity index (χ2v) is 11.7. The van der Waals surface area contributed by atoms with E-state index in [1.807, 2.05) is 53.4 Å². The van der Waals surface area contributed by atoms with Gasteiger partial charge in [0.1, 0.15) is 6.17 Å². The highest BCUT2D eigenvalue weighted by molar-refractivity contribution is 5.99. The highest BCUT2D eigenvalue weighted by Gasteiger charge is 2.51. The Hall–Kier alpha value is -2.86. The summed E-state index contributed by atoms with van der Waals surface area (Å²) in [4.78, 5) is 30.7. The fourth-order valence-electron chi connectivity index (χ4n) is 6.90. The predicted molar refractivity (Wildman–Crippen MR) is 137 cm³/mol. The van der Waals surface area contributed by atoms with Crippen LogP contribution < -0.4 is 5.32 Å². The maximum Gasteiger partial charge on any atom is 0.256 e. The van der Waals surface area contributed by atoms with Crippen molar-refractivity contribution in [2.75, 3.05) is 32.1 Å². The van der Waals surface area contributed by atoms with Crippen molar-refractivity contribution in [3.05, 3.63) is 65.2 Å². The van der Waals surface area contributed by atoms with Crippen molar-refractivity contribution in [1.29, 1.82) is 0 Å². The van der Waals surface area contributed by atoms with Crippen molar-refractivity contribution < 1.29 is 14.3 Å². The number of carbonyl (C=O) groups is 2. The maximum atomic E-state index is 13.6. The van der Waals surface area contributed by atoms with Gasteiger partial charge in [-0.3, -0.25) is 9.59 Å². The van der Waals surface area contributed by atoms with Crippen molar-refractivity contribution >= 4 is 17.5 Å². The fourth-order valence-corrected chi connectivity index (χ4v) is 6.90. The number of nitrogens with one attached hydrogen (secondary N) is 1. The van der Waals surface area contributed by atoms with Crippen LogP contribution in [0.5, 0.6) is 0 Å². The SMILES string of the molecule is COCCCN1C(=O)c2ccccc2C1Nc1cccc(C(=O)N2CC3(C)CC2CC(C)(C)C3)c1. The number of hydrogen-bond acceptors (Lipinski definition) is 4. The van der Waals surface area contributed by atoms with Crippen LogP contribution in [0.4, 0.5) is 5.69 Å². The number of fused-ring (bicyclic) bond motifs is 3. The van der Waals surface area contributed by atoms with Gasteiger partial charge in [-0.1, -0.05) is 45.0 Å². The van der Waals surface area contributed by atoms with Crippen molar-refractivity contribution in [1.82, 2.24) is 9.80 Å². The van der Waals surface area contributed by atoms with Crippen LogP contribution >= 0.6 is 0 Å². The first-order chi connectivity index (χ1) is 16.7. The zero-order valence-corrected chi connectivity index (χ0v) is 21.3. The molecule has 3 aliphatic rings. The minimum Gasteiger partial charge on any atom is -0.385 e. The van der Waals surface area contributed by atoms with Gasteiger partial charge in [0.15, 0.2) is 0 Å². The molecule has 2 bridgehead atoms. The molecule has 1 N–H and O–H groups in total. The maximum absolute atomic E-state index is 13.6. The number of rotatable bonds is 7. The van der Waals surface area contributed by atoms with Crippen LogP contribution in [0.1, 0.15) is 78.9 Å². The van der Waals surface area contributed by atoms with Gasteiger partial charge in [-0.15, -0.1) is 0 Å². The van der Waals surface area contributed by atoms with Crippen LogP contribution in [0, 0.1) is 10.8 Å². The summed E-state index contributed by atoms with van der Waals surface area (Å²) in [5.41, 5.74) is 3.72. The first kappa shape index (κ1) is 23.9. The molecule has 0 spiro atoms. The second kappa shape index (κ2) is 8.98. The van der Waals surface area contributed by atoms with Gasteiger partial charge in [0.2, 0.25) is 0 Å². The van der Waals surface area contributed by atoms with Crippen LogP contribution in [0.25, 0.3) is 0 Å². The summed E-state index contributed by atoms with van der Waals surface area (Å²) in [7, 11) is 1.67. The van der Waals surface area contributed by atoms with Crippen molar-refractivity contribution in [3.63, 3.8) is 0 Å². The number of nitrogens with zero attached hydrogens (tertiary/aromatic N) is 2. The highest BCUT2D eigenvalue weighted by atomic mass is 16.5. The molecule has 3 atom stereocenters. The summed E-state index contributed by atoms with van der Waals surface area (Å²) in [6.07, 6.45) is 3.81. The molecule has 35 heavy (non-hydrogen) atoms. The normalized spacial score (nSPS) is 26.7. The van der Waals surface area contributed by atoms with Gasteiger partial charge in [0.05, 0.1) is 0 Å². The summed E-state index contributed by atoms with van der Waals surface area (Å²) >= 11 is 0. The Morgan fingerprint density at radius 3 is 2.71 bits per heavy atom. The fraction of sp³-hybridized carbons (Fsp3) is 0.517. The molecule has 3 unspecified atom stereocenters. The zero-order valence-electron chi connectivity index (χ0n) is 21.3. The van der Waals surface area contributed by atoms with E-state index >= 15 is 0 Å². The van der Waals surface area contributed by atoms with E-state index in [2.05, 4.69) is 31.0 Å². The number of likely N-dealkylation sites (tertiary alicyclic amines) is 1. The molecule has 2 aromatic carbocycles. The largest absolute Gasteiger partial charge is 0.385 e. The molecule has 2 aromatic rings. The third-order valence-electron chi connectivity index (χ3n) is 7.89. The molecular formula is C29H37N3O3. The Bertz CT molecular complexity index is 1130. The number of hydrogen-bond donors (Lipinski definition) is 1. The lowest BCUT2D eigenvalue weighted by molar-refractivity contribution is 0.0702. The lowest BCUT2D eigenvalue weighted by atomic mass is 9.65. The Balaban J connectivity index is 1.37. The minimum absolute atomic E-state index is 0.0293. The molecule has 2 aliphatic heterocycles. The van der Waals surface area contributed by atoms with Gasteiger partial charge >= 0.3 is 0 Å². The lowest BCUT2D eigenvalue weighted by Gasteiger charge is -2.39. The van der Waals surface area contributed by atoms with Crippen LogP contribution in [0.2, 0.25) is 0 Å². The van der Waals surface area contributed by atoms with Crippen LogP contribution in [0.3, 0.4) is 0 Å². The van der Waals surface area contributed by atoms with E-state index in [-0.39, 0.29) is 28.8 Å². The molecular weight excluding hydrogens is 438 g/mol. The topological polar surface area (TPSA) is 61.9 Å². The van der Waals surface area contributed by atoms with Crippen molar-refractivity contribution in [2.24, 2.45) is 10.8 Å². The second-order valence-electron chi connectivity index (χ2n) is 11.7. The molecule has 2 heterocycles. The van der Waals surface area contributed by atoms with Gasteiger partial charge in [-0.05, 0) is 60.8 Å². The quantitative estimate of drug-likeness (QED) is 0.550. The number of ether oxygens (including phenoxy) is 1. The van der Waals surface area contributed by atoms with E-state index in [0.29, 0.717) is 24.8 Å². The van der Waals surface area contributed by atoms with Crippen LogP contribution in [-0.4, -0.2) is 54.5 Å². The smallest absolute Gasteiger partial charge is 0.256 e. The minimum atomic E-state index is -0.272. The van der Waals surface area contributed by atoms with E-state index in [9.17, 15) is 9.59 Å². The first-order valence-electron chi connectivity index (χ1n) is 12.8. The van der Waals surface area contributed by atoms with Gasteiger partial charge in [0, 0.05) is 55.2 Å². The van der Waals surface area contributed by atoms with E-state index in [1.165, 1.54) is 0 Å². The van der Waals surface area contributed by atoms with E-state index in [4.69, 9.17) is 4.74 Å². The van der Waals surface area contributed by atoms with Gasteiger partial charge < -0.3 is 19.9 Å². The van der Waals surface area contributed by atoms with E-state index < -0.39 is 0 Å². The monoisotopic (exact) mass is 475 g/mol. The predicted octanol–water partition coefficient (Wildman–Crippen LogP) is 5.33. The van der Waals surface area contributed by atoms with Crippen LogP contribution in [0.15, 0.2) is 48.5 Å². The Labute approximate surface area is 208 Å². The molecule has 0 radical (unpaired) electrons. The molecule has 0 aromatic heterocycles. The summed E-state index contributed by atoms with van der Waals surface area (Å²) in [5, 5.41) is 3.55. The summed E-state index contributed by atoms with van der Waals surface area (Å²) in [6, 6.07) is 15.8. The van der Waals surface area contributed by atoms with Crippen molar-refractivity contribution in [2.45, 2.75) is 58.7 Å². The molecule has 5 rings (SSSR count). The standard InChI is InChI=1S/C29H37N3O3/c1-28(2)16-22-17-29(3,18-28)19-32(22)26(33)20-9-7-10-21(15-20)30-25-23-11-5-6-12-24(23)27(34)31(25)13-8-14-35-4/h5-7,9-12,15,22,25,30H,8,13-14,16-19H2,1-4H3.